The van der Waals surface area contributed by atoms with Crippen LogP contribution in [0.25, 0.3) is 0 Å². The summed E-state index contributed by atoms with van der Waals surface area (Å²) in [5, 5.41) is 3.75. The number of rotatable bonds is 3. The van der Waals surface area contributed by atoms with E-state index in [9.17, 15) is 13.6 Å². The maximum Gasteiger partial charge on any atom is 0.330 e. The van der Waals surface area contributed by atoms with Crippen LogP contribution in [-0.4, -0.2) is 53.6 Å². The molecule has 0 N–H and O–H groups in total. The Bertz CT molecular complexity index is 892. The van der Waals surface area contributed by atoms with Crippen molar-refractivity contribution in [2.75, 3.05) is 13.1 Å². The third-order valence-corrected chi connectivity index (χ3v) is 7.35. The average Bonchev–Trinajstić information content (AvgIpc) is 3.24. The molecule has 4 heterocycles. The van der Waals surface area contributed by atoms with Crippen LogP contribution in [0.15, 0.2) is 15.6 Å². The maximum absolute atomic E-state index is 12.9. The number of aryl methyl sites for hydroxylation is 3. The Balaban J connectivity index is 1.47. The highest BCUT2D eigenvalue weighted by molar-refractivity contribution is 7.95. The van der Waals surface area contributed by atoms with Crippen LogP contribution in [0.2, 0.25) is 0 Å². The molecule has 1 saturated heterocycles. The zero-order valence-corrected chi connectivity index (χ0v) is 15.8. The molecule has 0 spiro atoms. The lowest BCUT2D eigenvalue weighted by Gasteiger charge is -2.36. The monoisotopic (exact) mass is 379 g/mol. The number of fused-ring (bicyclic) bond motifs is 1. The Kier molecular flexibility index (Phi) is 4.01. The number of hydrogen-bond donors (Lipinski definition) is 0. The van der Waals surface area contributed by atoms with Crippen molar-refractivity contribution in [3.05, 3.63) is 29.2 Å². The average molecular weight is 379 g/mol. The Morgan fingerprint density at radius 3 is 2.54 bits per heavy atom. The summed E-state index contributed by atoms with van der Waals surface area (Å²) >= 11 is 0. The summed E-state index contributed by atoms with van der Waals surface area (Å²) in [5.74, 6) is 0.993. The van der Waals surface area contributed by atoms with E-state index in [0.29, 0.717) is 49.8 Å². The van der Waals surface area contributed by atoms with Crippen molar-refractivity contribution < 1.29 is 18.1 Å². The molecule has 1 amide bonds. The van der Waals surface area contributed by atoms with Crippen LogP contribution >= 0.6 is 0 Å². The fraction of sp³-hybridized carbons (Fsp3) is 0.562. The topological polar surface area (TPSA) is 108 Å². The SMILES string of the molecule is Cc1noc(C)c1[S+](=O)([O-])N1CCC(N2Cc3cnc(C)n3C2=O)CC1. The number of imidazole rings is 1. The van der Waals surface area contributed by atoms with Gasteiger partial charge in [-0.1, -0.05) is 9.37 Å². The molecule has 2 aliphatic heterocycles. The van der Waals surface area contributed by atoms with Crippen molar-refractivity contribution in [3.8, 4) is 0 Å². The van der Waals surface area contributed by atoms with Crippen molar-refractivity contribution >= 4 is 16.4 Å². The van der Waals surface area contributed by atoms with Gasteiger partial charge in [-0.05, 0) is 26.7 Å². The van der Waals surface area contributed by atoms with E-state index in [1.807, 2.05) is 11.8 Å². The second-order valence-corrected chi connectivity index (χ2v) is 8.71. The number of hydrogen-bond acceptors (Lipinski definition) is 6. The highest BCUT2D eigenvalue weighted by Crippen LogP contribution is 2.32. The van der Waals surface area contributed by atoms with Crippen LogP contribution in [0.3, 0.4) is 0 Å². The van der Waals surface area contributed by atoms with Gasteiger partial charge in [-0.25, -0.2) is 9.78 Å². The van der Waals surface area contributed by atoms with Crippen molar-refractivity contribution in [1.29, 1.82) is 0 Å². The number of piperidine rings is 1. The molecule has 0 aromatic carbocycles. The molecule has 0 bridgehead atoms. The van der Waals surface area contributed by atoms with Crippen LogP contribution in [0.4, 0.5) is 4.79 Å². The predicted octanol–water partition coefficient (Wildman–Crippen LogP) is 1.65. The minimum Gasteiger partial charge on any atom is -0.593 e. The van der Waals surface area contributed by atoms with Gasteiger partial charge in [0.25, 0.3) is 0 Å². The normalized spacial score (nSPS) is 21.2. The fourth-order valence-electron chi connectivity index (χ4n) is 3.89. The molecule has 1 unspecified atom stereocenters. The van der Waals surface area contributed by atoms with Crippen LogP contribution in [0, 0.1) is 20.8 Å². The largest absolute Gasteiger partial charge is 0.593 e. The minimum absolute atomic E-state index is 0.0259. The van der Waals surface area contributed by atoms with E-state index < -0.39 is 10.4 Å². The van der Waals surface area contributed by atoms with Crippen LogP contribution < -0.4 is 0 Å². The van der Waals surface area contributed by atoms with Crippen LogP contribution in [0.5, 0.6) is 0 Å². The lowest BCUT2D eigenvalue weighted by atomic mass is 10.1. The molecule has 4 rings (SSSR count). The molecular formula is C16H21N5O4S. The highest BCUT2D eigenvalue weighted by Gasteiger charge is 2.42. The smallest absolute Gasteiger partial charge is 0.330 e. The van der Waals surface area contributed by atoms with Crippen LogP contribution in [0.1, 0.15) is 35.8 Å². The molecule has 2 aromatic heterocycles. The first-order valence-corrected chi connectivity index (χ1v) is 10.0. The lowest BCUT2D eigenvalue weighted by molar-refractivity contribution is 0.152. The quantitative estimate of drug-likeness (QED) is 0.751. The second-order valence-electron chi connectivity index (χ2n) is 6.83. The first-order valence-electron chi connectivity index (χ1n) is 8.58. The van der Waals surface area contributed by atoms with E-state index >= 15 is 0 Å². The molecule has 9 nitrogen and oxygen atoms in total. The third-order valence-electron chi connectivity index (χ3n) is 5.21. The molecule has 140 valence electrons. The predicted molar refractivity (Wildman–Crippen MR) is 91.0 cm³/mol. The van der Waals surface area contributed by atoms with Gasteiger partial charge in [0.15, 0.2) is 16.2 Å². The van der Waals surface area contributed by atoms with Gasteiger partial charge in [-0.15, -0.1) is 4.31 Å². The number of sulfonamides is 1. The number of carbonyl (C=O) groups excluding carboxylic acids is 1. The van der Waals surface area contributed by atoms with Crippen molar-refractivity contribution in [2.45, 2.75) is 51.1 Å². The molecule has 10 heteroatoms. The Hall–Kier alpha value is -2.04. The van der Waals surface area contributed by atoms with E-state index in [1.54, 1.807) is 24.6 Å². The fourth-order valence-corrected chi connectivity index (χ4v) is 5.65. The summed E-state index contributed by atoms with van der Waals surface area (Å²) in [6.07, 6.45) is 2.93. The molecule has 1 fully saturated rings. The molecule has 2 aromatic rings. The summed E-state index contributed by atoms with van der Waals surface area (Å²) in [5.41, 5.74) is 1.26. The van der Waals surface area contributed by atoms with Gasteiger partial charge >= 0.3 is 6.03 Å². The van der Waals surface area contributed by atoms with Gasteiger partial charge in [0.05, 0.1) is 18.4 Å². The first kappa shape index (κ1) is 17.4. The Morgan fingerprint density at radius 2 is 1.96 bits per heavy atom. The molecule has 2 aliphatic rings. The van der Waals surface area contributed by atoms with Gasteiger partial charge in [0.2, 0.25) is 4.90 Å². The van der Waals surface area contributed by atoms with E-state index in [2.05, 4.69) is 10.1 Å². The van der Waals surface area contributed by atoms with Gasteiger partial charge in [-0.2, -0.15) is 0 Å². The van der Waals surface area contributed by atoms with Gasteiger partial charge in [-0.3, -0.25) is 4.57 Å². The van der Waals surface area contributed by atoms with E-state index in [-0.39, 0.29) is 17.0 Å². The summed E-state index contributed by atoms with van der Waals surface area (Å²) in [6.45, 7) is 6.31. The molecule has 0 radical (unpaired) electrons. The minimum atomic E-state index is -3.63. The zero-order chi connectivity index (χ0) is 18.6. The molecule has 26 heavy (non-hydrogen) atoms. The molecule has 0 saturated carbocycles. The number of aromatic nitrogens is 3. The lowest BCUT2D eigenvalue weighted by Crippen LogP contribution is -2.49. The molecular weight excluding hydrogens is 358 g/mol. The third kappa shape index (κ3) is 2.51. The summed E-state index contributed by atoms with van der Waals surface area (Å²) < 4.78 is 33.9. The summed E-state index contributed by atoms with van der Waals surface area (Å²) in [6, 6.07) is -0.0417. The number of amides is 1. The number of carbonyl (C=O) groups is 1. The van der Waals surface area contributed by atoms with Crippen molar-refractivity contribution in [1.82, 2.24) is 23.9 Å². The summed E-state index contributed by atoms with van der Waals surface area (Å²) in [7, 11) is -3.63. The van der Waals surface area contributed by atoms with Gasteiger partial charge in [0.1, 0.15) is 11.5 Å². The molecule has 1 atom stereocenters. The summed E-state index contributed by atoms with van der Waals surface area (Å²) in [4.78, 5) is 18.8. The Morgan fingerprint density at radius 1 is 1.27 bits per heavy atom. The van der Waals surface area contributed by atoms with E-state index in [4.69, 9.17) is 4.52 Å². The maximum atomic E-state index is 12.9. The highest BCUT2D eigenvalue weighted by atomic mass is 32.3. The zero-order valence-electron chi connectivity index (χ0n) is 15.0. The van der Waals surface area contributed by atoms with Crippen molar-refractivity contribution in [2.24, 2.45) is 0 Å². The standard InChI is InChI=1S/C16H21N5O4S/c1-10-15(11(2)25-18-10)26(23,24)19-6-4-13(5-7-19)20-9-14-8-17-12(3)21(14)16(20)22/h8,13H,4-7,9H2,1-3H3. The molecule has 0 aliphatic carbocycles. The first-order chi connectivity index (χ1) is 12.3. The van der Waals surface area contributed by atoms with Crippen LogP contribution in [-0.2, 0) is 21.2 Å². The van der Waals surface area contributed by atoms with Crippen molar-refractivity contribution in [3.63, 3.8) is 0 Å². The van der Waals surface area contributed by atoms with E-state index in [1.165, 1.54) is 4.31 Å². The second kappa shape index (κ2) is 6.00. The van der Waals surface area contributed by atoms with Gasteiger partial charge < -0.3 is 14.0 Å². The van der Waals surface area contributed by atoms with Gasteiger partial charge in [0, 0.05) is 26.1 Å². The number of nitrogens with zero attached hydrogens (tertiary/aromatic N) is 5. The van der Waals surface area contributed by atoms with E-state index in [0.717, 1.165) is 5.69 Å². The Labute approximate surface area is 152 Å².